The van der Waals surface area contributed by atoms with E-state index in [1.54, 1.807) is 7.11 Å². The molecule has 4 heteroatoms. The maximum Gasteiger partial charge on any atom is 0.251 e. The Morgan fingerprint density at radius 3 is 2.62 bits per heavy atom. The number of hydrogen-bond donors (Lipinski definition) is 1. The minimum Gasteiger partial charge on any atom is -0.497 e. The molecule has 4 rings (SSSR count). The molecule has 0 radical (unpaired) electrons. The van der Waals surface area contributed by atoms with Crippen molar-refractivity contribution in [3.8, 4) is 5.75 Å². The van der Waals surface area contributed by atoms with Crippen LogP contribution in [0, 0.1) is 0 Å². The molecule has 4 nitrogen and oxygen atoms in total. The highest BCUT2D eigenvalue weighted by molar-refractivity contribution is 5.98. The van der Waals surface area contributed by atoms with Crippen LogP contribution in [0.25, 0.3) is 0 Å². The van der Waals surface area contributed by atoms with Gasteiger partial charge in [0.1, 0.15) is 5.75 Å². The molecule has 2 aromatic rings. The molecule has 1 atom stereocenters. The van der Waals surface area contributed by atoms with Crippen LogP contribution in [0.2, 0.25) is 0 Å². The van der Waals surface area contributed by atoms with Crippen LogP contribution < -0.4 is 10.1 Å². The van der Waals surface area contributed by atoms with E-state index in [0.29, 0.717) is 6.54 Å². The number of amides is 1. The van der Waals surface area contributed by atoms with E-state index in [1.807, 2.05) is 18.2 Å². The summed E-state index contributed by atoms with van der Waals surface area (Å²) in [5, 5.41) is 3.14. The van der Waals surface area contributed by atoms with Gasteiger partial charge in [-0.25, -0.2) is 0 Å². The summed E-state index contributed by atoms with van der Waals surface area (Å²) in [5.41, 5.74) is 2.89. The zero-order valence-corrected chi connectivity index (χ0v) is 15.3. The smallest absolute Gasteiger partial charge is 0.251 e. The topological polar surface area (TPSA) is 41.6 Å². The van der Waals surface area contributed by atoms with E-state index in [4.69, 9.17) is 4.74 Å². The van der Waals surface area contributed by atoms with Gasteiger partial charge >= 0.3 is 0 Å². The molecule has 0 aromatic heterocycles. The van der Waals surface area contributed by atoms with Gasteiger partial charge in [-0.15, -0.1) is 0 Å². The summed E-state index contributed by atoms with van der Waals surface area (Å²) in [6.07, 6.45) is 3.57. The molecular weight excluding hydrogens is 324 g/mol. The Hall–Kier alpha value is -2.33. The quantitative estimate of drug-likeness (QED) is 0.900. The number of nitrogens with one attached hydrogen (secondary N) is 1. The Kier molecular flexibility index (Phi) is 4.68. The Labute approximate surface area is 155 Å². The number of ether oxygens (including phenoxy) is 1. The summed E-state index contributed by atoms with van der Waals surface area (Å²) in [6, 6.07) is 16.4. The van der Waals surface area contributed by atoms with E-state index in [1.165, 1.54) is 31.5 Å². The molecular formula is C22H26N2O2. The fourth-order valence-corrected chi connectivity index (χ4v) is 4.40. The normalized spacial score (nSPS) is 22.7. The van der Waals surface area contributed by atoms with Gasteiger partial charge in [-0.3, -0.25) is 4.79 Å². The molecule has 2 aromatic carbocycles. The maximum absolute atomic E-state index is 12.5. The van der Waals surface area contributed by atoms with E-state index in [0.717, 1.165) is 29.8 Å². The fourth-order valence-electron chi connectivity index (χ4n) is 4.40. The van der Waals surface area contributed by atoms with E-state index in [9.17, 15) is 4.79 Å². The van der Waals surface area contributed by atoms with Crippen LogP contribution in [0.15, 0.2) is 48.5 Å². The van der Waals surface area contributed by atoms with Gasteiger partial charge in [-0.1, -0.05) is 30.3 Å². The number of carbonyl (C=O) groups is 1. The van der Waals surface area contributed by atoms with Crippen molar-refractivity contribution >= 4 is 5.91 Å². The number of likely N-dealkylation sites (tertiary alicyclic amines) is 1. The second-order valence-corrected chi connectivity index (χ2v) is 7.34. The predicted molar refractivity (Wildman–Crippen MR) is 103 cm³/mol. The van der Waals surface area contributed by atoms with Crippen LogP contribution in [-0.2, 0) is 5.41 Å². The average Bonchev–Trinajstić information content (AvgIpc) is 3.22. The molecule has 1 fully saturated rings. The molecule has 1 unspecified atom stereocenters. The summed E-state index contributed by atoms with van der Waals surface area (Å²) in [4.78, 5) is 15.0. The van der Waals surface area contributed by atoms with Gasteiger partial charge in [0.25, 0.3) is 5.91 Å². The molecule has 1 saturated heterocycles. The molecule has 1 N–H and O–H groups in total. The molecule has 0 spiro atoms. The Morgan fingerprint density at radius 1 is 1.12 bits per heavy atom. The third-order valence-electron chi connectivity index (χ3n) is 5.92. The number of nitrogens with zero attached hydrogens (tertiary/aromatic N) is 1. The van der Waals surface area contributed by atoms with E-state index < -0.39 is 0 Å². The average molecular weight is 350 g/mol. The van der Waals surface area contributed by atoms with Gasteiger partial charge in [0.2, 0.25) is 0 Å². The molecule has 26 heavy (non-hydrogen) atoms. The van der Waals surface area contributed by atoms with Crippen LogP contribution in [0.3, 0.4) is 0 Å². The Morgan fingerprint density at radius 2 is 1.88 bits per heavy atom. The Bertz CT molecular complexity index is 784. The van der Waals surface area contributed by atoms with Crippen LogP contribution >= 0.6 is 0 Å². The van der Waals surface area contributed by atoms with Crippen LogP contribution in [0.5, 0.6) is 5.75 Å². The van der Waals surface area contributed by atoms with Crippen molar-refractivity contribution in [1.82, 2.24) is 10.2 Å². The van der Waals surface area contributed by atoms with Gasteiger partial charge in [0, 0.05) is 17.5 Å². The Balaban J connectivity index is 1.80. The summed E-state index contributed by atoms with van der Waals surface area (Å²) in [7, 11) is 1.68. The van der Waals surface area contributed by atoms with Crippen LogP contribution in [0.4, 0.5) is 0 Å². The molecule has 0 saturated carbocycles. The zero-order valence-electron chi connectivity index (χ0n) is 15.3. The zero-order chi connectivity index (χ0) is 18.0. The van der Waals surface area contributed by atoms with Crippen molar-refractivity contribution in [3.63, 3.8) is 0 Å². The predicted octanol–water partition coefficient (Wildman–Crippen LogP) is 3.21. The number of benzene rings is 2. The third kappa shape index (κ3) is 2.99. The number of rotatable bonds is 5. The standard InChI is InChI=1S/C22H26N2O2/c1-26-18-9-10-19-20(15-18)22(16-23-21(19)25,17-7-3-2-4-8-17)11-14-24-12-5-6-13-24/h2-4,7-10,15H,5-6,11-14,16H2,1H3,(H,23,25). The minimum absolute atomic E-state index is 0.00961. The van der Waals surface area contributed by atoms with Crippen molar-refractivity contribution in [3.05, 3.63) is 65.2 Å². The van der Waals surface area contributed by atoms with Crippen molar-refractivity contribution in [1.29, 1.82) is 0 Å². The van der Waals surface area contributed by atoms with E-state index in [-0.39, 0.29) is 11.3 Å². The van der Waals surface area contributed by atoms with Gasteiger partial charge in [-0.05, 0) is 68.2 Å². The molecule has 136 valence electrons. The van der Waals surface area contributed by atoms with E-state index >= 15 is 0 Å². The molecule has 2 aliphatic rings. The van der Waals surface area contributed by atoms with Crippen molar-refractivity contribution in [2.24, 2.45) is 0 Å². The SMILES string of the molecule is COc1ccc2c(c1)C(CCN1CCCC1)(c1ccccc1)CNC2=O. The molecule has 0 bridgehead atoms. The summed E-state index contributed by atoms with van der Waals surface area (Å²) < 4.78 is 5.48. The second kappa shape index (κ2) is 7.12. The first-order chi connectivity index (χ1) is 12.7. The fraction of sp³-hybridized carbons (Fsp3) is 0.409. The summed E-state index contributed by atoms with van der Waals surface area (Å²) >= 11 is 0. The second-order valence-electron chi connectivity index (χ2n) is 7.34. The largest absolute Gasteiger partial charge is 0.497 e. The lowest BCUT2D eigenvalue weighted by molar-refractivity contribution is 0.0927. The minimum atomic E-state index is -0.221. The van der Waals surface area contributed by atoms with Gasteiger partial charge in [0.15, 0.2) is 0 Å². The number of hydrogen-bond acceptors (Lipinski definition) is 3. The maximum atomic E-state index is 12.5. The highest BCUT2D eigenvalue weighted by Gasteiger charge is 2.41. The summed E-state index contributed by atoms with van der Waals surface area (Å²) in [5.74, 6) is 0.815. The van der Waals surface area contributed by atoms with Crippen molar-refractivity contribution in [2.45, 2.75) is 24.7 Å². The van der Waals surface area contributed by atoms with Crippen molar-refractivity contribution < 1.29 is 9.53 Å². The third-order valence-corrected chi connectivity index (χ3v) is 5.92. The molecule has 2 aliphatic heterocycles. The molecule has 2 heterocycles. The van der Waals surface area contributed by atoms with Gasteiger partial charge < -0.3 is 15.0 Å². The highest BCUT2D eigenvalue weighted by Crippen LogP contribution is 2.41. The lowest BCUT2D eigenvalue weighted by Gasteiger charge is -2.41. The molecule has 1 amide bonds. The van der Waals surface area contributed by atoms with Crippen LogP contribution in [-0.4, -0.2) is 44.1 Å². The van der Waals surface area contributed by atoms with E-state index in [2.05, 4.69) is 40.5 Å². The lowest BCUT2D eigenvalue weighted by Crippen LogP contribution is -2.49. The number of methoxy groups -OCH3 is 1. The molecule has 0 aliphatic carbocycles. The van der Waals surface area contributed by atoms with Gasteiger partial charge in [0.05, 0.1) is 7.11 Å². The highest BCUT2D eigenvalue weighted by atomic mass is 16.5. The number of carbonyl (C=O) groups excluding carboxylic acids is 1. The first-order valence-corrected chi connectivity index (χ1v) is 9.47. The van der Waals surface area contributed by atoms with Crippen LogP contribution in [0.1, 0.15) is 40.7 Å². The van der Waals surface area contributed by atoms with Crippen molar-refractivity contribution in [2.75, 3.05) is 33.3 Å². The monoisotopic (exact) mass is 350 g/mol. The number of fused-ring (bicyclic) bond motifs is 1. The summed E-state index contributed by atoms with van der Waals surface area (Å²) in [6.45, 7) is 4.04. The first-order valence-electron chi connectivity index (χ1n) is 9.47. The first kappa shape index (κ1) is 17.1. The van der Waals surface area contributed by atoms with Gasteiger partial charge in [-0.2, -0.15) is 0 Å². The lowest BCUT2D eigenvalue weighted by atomic mass is 9.68.